The largest absolute Gasteiger partial charge is 0.237 e. The highest BCUT2D eigenvalue weighted by Gasteiger charge is 2.15. The second kappa shape index (κ2) is 13.5. The monoisotopic (exact) mass is 641 g/mol. The minimum absolute atomic E-state index is 0.369. The zero-order valence-corrected chi connectivity index (χ0v) is 26.7. The van der Waals surface area contributed by atoms with Gasteiger partial charge in [0.1, 0.15) is 11.8 Å². The van der Waals surface area contributed by atoms with Crippen LogP contribution < -0.4 is 0 Å². The van der Waals surface area contributed by atoms with E-state index in [9.17, 15) is 5.26 Å². The van der Waals surface area contributed by atoms with Crippen LogP contribution in [0.15, 0.2) is 164 Å². The first-order valence-corrected chi connectivity index (χ1v) is 16.1. The molecular weight excluding hydrogens is 615 g/mol. The molecule has 0 bridgehead atoms. The molecule has 3 heterocycles. The summed E-state index contributed by atoms with van der Waals surface area (Å²) in [6.45, 7) is 0. The third-order valence-corrected chi connectivity index (χ3v) is 8.19. The zero-order valence-electron chi connectivity index (χ0n) is 26.7. The summed E-state index contributed by atoms with van der Waals surface area (Å²) < 4.78 is 0. The van der Waals surface area contributed by atoms with Gasteiger partial charge in [0, 0.05) is 38.9 Å². The number of hydrogen-bond acceptors (Lipinski definition) is 7. The van der Waals surface area contributed by atoms with Crippen LogP contribution >= 0.6 is 0 Å². The van der Waals surface area contributed by atoms with Crippen molar-refractivity contribution in [3.8, 4) is 85.4 Å². The summed E-state index contributed by atoms with van der Waals surface area (Å²) in [5.41, 5.74) is 8.86. The molecule has 8 rings (SSSR count). The number of pyridine rings is 1. The van der Waals surface area contributed by atoms with Crippen molar-refractivity contribution in [3.63, 3.8) is 0 Å². The smallest absolute Gasteiger partial charge is 0.164 e. The second-order valence-corrected chi connectivity index (χ2v) is 11.5. The van der Waals surface area contributed by atoms with E-state index in [0.717, 1.165) is 56.0 Å². The summed E-state index contributed by atoms with van der Waals surface area (Å²) in [5, 5.41) is 9.40. The maximum absolute atomic E-state index is 9.40. The lowest BCUT2D eigenvalue weighted by Gasteiger charge is -2.12. The molecule has 0 aliphatic rings. The summed E-state index contributed by atoms with van der Waals surface area (Å²) in [5.74, 6) is 2.38. The van der Waals surface area contributed by atoms with E-state index in [1.54, 1.807) is 6.07 Å². The van der Waals surface area contributed by atoms with E-state index < -0.39 is 0 Å². The van der Waals surface area contributed by atoms with Crippen LogP contribution in [0.2, 0.25) is 0 Å². The molecule has 0 amide bonds. The van der Waals surface area contributed by atoms with Crippen molar-refractivity contribution in [2.75, 3.05) is 0 Å². The van der Waals surface area contributed by atoms with Gasteiger partial charge in [0.2, 0.25) is 0 Å². The van der Waals surface area contributed by atoms with Crippen molar-refractivity contribution in [3.05, 3.63) is 169 Å². The van der Waals surface area contributed by atoms with Crippen LogP contribution in [0.5, 0.6) is 0 Å². The van der Waals surface area contributed by atoms with Crippen LogP contribution in [-0.4, -0.2) is 29.9 Å². The first-order valence-electron chi connectivity index (χ1n) is 16.1. The number of benzene rings is 5. The third-order valence-electron chi connectivity index (χ3n) is 8.19. The summed E-state index contributed by atoms with van der Waals surface area (Å²) in [6, 6.07) is 55.6. The fraction of sp³-hybridized carbons (Fsp3) is 0. The van der Waals surface area contributed by atoms with Crippen LogP contribution in [0, 0.1) is 11.3 Å². The minimum Gasteiger partial charge on any atom is -0.237 e. The van der Waals surface area contributed by atoms with E-state index >= 15 is 0 Å². The molecule has 0 aliphatic heterocycles. The van der Waals surface area contributed by atoms with Gasteiger partial charge in [-0.15, -0.1) is 0 Å². The fourth-order valence-corrected chi connectivity index (χ4v) is 5.71. The molecular formula is C43H27N7. The molecule has 0 aliphatic carbocycles. The van der Waals surface area contributed by atoms with Gasteiger partial charge in [-0.3, -0.25) is 0 Å². The maximum atomic E-state index is 9.40. The Morgan fingerprint density at radius 1 is 0.300 bits per heavy atom. The number of hydrogen-bond donors (Lipinski definition) is 0. The van der Waals surface area contributed by atoms with Crippen molar-refractivity contribution in [1.82, 2.24) is 29.9 Å². The summed E-state index contributed by atoms with van der Waals surface area (Å²) in [4.78, 5) is 29.3. The molecule has 0 saturated heterocycles. The molecule has 0 radical (unpaired) electrons. The van der Waals surface area contributed by atoms with Crippen LogP contribution in [0.1, 0.15) is 5.69 Å². The fourth-order valence-electron chi connectivity index (χ4n) is 5.71. The van der Waals surface area contributed by atoms with Crippen LogP contribution in [0.3, 0.4) is 0 Å². The highest BCUT2D eigenvalue weighted by atomic mass is 15.0. The Kier molecular flexibility index (Phi) is 8.16. The molecule has 0 fully saturated rings. The van der Waals surface area contributed by atoms with Gasteiger partial charge in [-0.2, -0.15) is 5.26 Å². The SMILES string of the molecule is N#Cc1cccc(-c2cccc(-c3cc(-c4cccc(-c5nc(-c6ccccc6)nc(-c6ccccc6)n5)c4)nc(-c4ccccc4)n3)c2)n1. The lowest BCUT2D eigenvalue weighted by Crippen LogP contribution is -2.00. The molecule has 0 saturated carbocycles. The Morgan fingerprint density at radius 2 is 0.680 bits per heavy atom. The van der Waals surface area contributed by atoms with E-state index in [1.165, 1.54) is 0 Å². The second-order valence-electron chi connectivity index (χ2n) is 11.5. The molecule has 234 valence electrons. The summed E-state index contributed by atoms with van der Waals surface area (Å²) in [7, 11) is 0. The topological polar surface area (TPSA) is 101 Å². The van der Waals surface area contributed by atoms with E-state index in [4.69, 9.17) is 24.9 Å². The minimum atomic E-state index is 0.369. The average molecular weight is 642 g/mol. The standard InChI is InChI=1S/C43H27N7/c44-28-36-23-12-24-37(45-36)32-19-10-20-33(25-32)38-27-39(47-40(46-38)29-13-4-1-5-14-29)34-21-11-22-35(26-34)43-49-41(30-15-6-2-7-16-30)48-42(50-43)31-17-8-3-9-18-31/h1-27H. The lowest BCUT2D eigenvalue weighted by atomic mass is 10.0. The molecule has 7 heteroatoms. The molecule has 50 heavy (non-hydrogen) atoms. The van der Waals surface area contributed by atoms with E-state index in [-0.39, 0.29) is 0 Å². The molecule has 0 spiro atoms. The Morgan fingerprint density at radius 3 is 1.18 bits per heavy atom. The molecule has 3 aromatic heterocycles. The number of aromatic nitrogens is 6. The molecule has 7 nitrogen and oxygen atoms in total. The third kappa shape index (κ3) is 6.37. The Labute approximate surface area is 289 Å². The summed E-state index contributed by atoms with van der Waals surface area (Å²) >= 11 is 0. The van der Waals surface area contributed by atoms with Crippen molar-refractivity contribution in [2.24, 2.45) is 0 Å². The first-order chi connectivity index (χ1) is 24.7. The molecule has 5 aromatic carbocycles. The predicted molar refractivity (Wildman–Crippen MR) is 196 cm³/mol. The molecule has 0 unspecified atom stereocenters. The first kappa shape index (κ1) is 30.2. The van der Waals surface area contributed by atoms with Gasteiger partial charge < -0.3 is 0 Å². The highest BCUT2D eigenvalue weighted by Crippen LogP contribution is 2.32. The van der Waals surface area contributed by atoms with Crippen molar-refractivity contribution in [1.29, 1.82) is 5.26 Å². The van der Waals surface area contributed by atoms with Gasteiger partial charge in [0.15, 0.2) is 23.3 Å². The lowest BCUT2D eigenvalue weighted by molar-refractivity contribution is 1.07. The Balaban J connectivity index is 1.25. The number of nitriles is 1. The van der Waals surface area contributed by atoms with Gasteiger partial charge in [-0.25, -0.2) is 29.9 Å². The molecule has 0 atom stereocenters. The van der Waals surface area contributed by atoms with Crippen LogP contribution in [-0.2, 0) is 0 Å². The van der Waals surface area contributed by atoms with Crippen molar-refractivity contribution in [2.45, 2.75) is 0 Å². The van der Waals surface area contributed by atoms with E-state index in [0.29, 0.717) is 29.0 Å². The van der Waals surface area contributed by atoms with E-state index in [2.05, 4.69) is 17.1 Å². The van der Waals surface area contributed by atoms with Crippen molar-refractivity contribution >= 4 is 0 Å². The predicted octanol–water partition coefficient (Wildman–Crippen LogP) is 9.60. The Bertz CT molecular complexity index is 2440. The number of rotatable bonds is 7. The van der Waals surface area contributed by atoms with Crippen molar-refractivity contribution < 1.29 is 0 Å². The van der Waals surface area contributed by atoms with E-state index in [1.807, 2.05) is 152 Å². The maximum Gasteiger partial charge on any atom is 0.164 e. The zero-order chi connectivity index (χ0) is 33.7. The Hall–Kier alpha value is -7.17. The van der Waals surface area contributed by atoms with Gasteiger partial charge in [0.25, 0.3) is 0 Å². The van der Waals surface area contributed by atoms with Gasteiger partial charge >= 0.3 is 0 Å². The highest BCUT2D eigenvalue weighted by molar-refractivity contribution is 5.77. The van der Waals surface area contributed by atoms with Crippen LogP contribution in [0.4, 0.5) is 0 Å². The van der Waals surface area contributed by atoms with Gasteiger partial charge in [-0.05, 0) is 30.3 Å². The molecule has 8 aromatic rings. The van der Waals surface area contributed by atoms with Gasteiger partial charge in [-0.1, -0.05) is 133 Å². The summed E-state index contributed by atoms with van der Waals surface area (Å²) in [6.07, 6.45) is 0. The quantitative estimate of drug-likeness (QED) is 0.171. The normalized spacial score (nSPS) is 10.8. The average Bonchev–Trinajstić information content (AvgIpc) is 3.21. The number of nitrogens with zero attached hydrogens (tertiary/aromatic N) is 7. The van der Waals surface area contributed by atoms with Crippen LogP contribution in [0.25, 0.3) is 79.3 Å². The van der Waals surface area contributed by atoms with Gasteiger partial charge in [0.05, 0.1) is 17.1 Å². The molecule has 0 N–H and O–H groups in total.